The number of nitrogens with zero attached hydrogens (tertiary/aromatic N) is 2. The van der Waals surface area contributed by atoms with Gasteiger partial charge in [-0.1, -0.05) is 0 Å². The molecule has 0 aliphatic heterocycles. The Morgan fingerprint density at radius 2 is 0.957 bits per heavy atom. The second kappa shape index (κ2) is 19.0. The highest BCUT2D eigenvalue weighted by atomic mass is 16.6. The zero-order valence-electron chi connectivity index (χ0n) is 29.9. The van der Waals surface area contributed by atoms with Gasteiger partial charge in [0.15, 0.2) is 0 Å². The predicted molar refractivity (Wildman–Crippen MR) is 178 cm³/mol. The monoisotopic (exact) mass is 664 g/mol. The van der Waals surface area contributed by atoms with Gasteiger partial charge in [0.05, 0.1) is 12.7 Å². The third-order valence-corrected chi connectivity index (χ3v) is 6.14. The number of carbonyl (C=O) groups excluding carboxylic acids is 5. The lowest BCUT2D eigenvalue weighted by Gasteiger charge is -2.29. The van der Waals surface area contributed by atoms with E-state index in [1.54, 1.807) is 84.2 Å². The first kappa shape index (κ1) is 41.0. The van der Waals surface area contributed by atoms with Crippen molar-refractivity contribution in [3.05, 3.63) is 35.4 Å². The SMILES string of the molecule is COC(=O)c1ccc(C(=O)NCCCN(CCCCN(CCCNC(=O)OC(C)(C)C)C(=O)OC(C)(C)C)C(=O)OC(C)(C)C)cc1. The van der Waals surface area contributed by atoms with Gasteiger partial charge in [-0.3, -0.25) is 4.79 Å². The van der Waals surface area contributed by atoms with Crippen molar-refractivity contribution in [1.29, 1.82) is 0 Å². The molecular formula is C34H56N4O9. The van der Waals surface area contributed by atoms with Crippen LogP contribution in [0.5, 0.6) is 0 Å². The minimum Gasteiger partial charge on any atom is -0.465 e. The van der Waals surface area contributed by atoms with E-state index in [1.807, 2.05) is 0 Å². The molecule has 0 aliphatic carbocycles. The molecule has 0 unspecified atom stereocenters. The van der Waals surface area contributed by atoms with Gasteiger partial charge in [0.2, 0.25) is 0 Å². The maximum Gasteiger partial charge on any atom is 0.410 e. The quantitative estimate of drug-likeness (QED) is 0.135. The average Bonchev–Trinajstić information content (AvgIpc) is 2.93. The number of nitrogens with one attached hydrogen (secondary N) is 2. The number of alkyl carbamates (subject to hydrolysis) is 1. The summed E-state index contributed by atoms with van der Waals surface area (Å²) in [5.41, 5.74) is -1.20. The number of methoxy groups -OCH3 is 1. The van der Waals surface area contributed by atoms with Gasteiger partial charge in [0, 0.05) is 44.8 Å². The minimum atomic E-state index is -0.680. The summed E-state index contributed by atoms with van der Waals surface area (Å²) in [4.78, 5) is 65.2. The van der Waals surface area contributed by atoms with E-state index in [4.69, 9.17) is 14.2 Å². The van der Waals surface area contributed by atoms with Crippen molar-refractivity contribution >= 4 is 30.2 Å². The van der Waals surface area contributed by atoms with Crippen LogP contribution in [-0.2, 0) is 18.9 Å². The molecular weight excluding hydrogens is 608 g/mol. The van der Waals surface area contributed by atoms with Crippen LogP contribution in [0.25, 0.3) is 0 Å². The molecule has 266 valence electrons. The first-order chi connectivity index (χ1) is 21.7. The van der Waals surface area contributed by atoms with Crippen molar-refractivity contribution in [2.75, 3.05) is 46.4 Å². The Hall–Kier alpha value is -4.03. The summed E-state index contributed by atoms with van der Waals surface area (Å²) in [6.45, 7) is 18.3. The van der Waals surface area contributed by atoms with E-state index in [0.717, 1.165) is 0 Å². The van der Waals surface area contributed by atoms with Gasteiger partial charge in [-0.15, -0.1) is 0 Å². The number of hydrogen-bond acceptors (Lipinski definition) is 9. The van der Waals surface area contributed by atoms with Gasteiger partial charge in [0.1, 0.15) is 16.8 Å². The molecule has 2 N–H and O–H groups in total. The van der Waals surface area contributed by atoms with Gasteiger partial charge in [0.25, 0.3) is 5.91 Å². The summed E-state index contributed by atoms with van der Waals surface area (Å²) in [5, 5.41) is 5.54. The molecule has 0 heterocycles. The molecule has 4 amide bonds. The third-order valence-electron chi connectivity index (χ3n) is 6.14. The fourth-order valence-electron chi connectivity index (χ4n) is 4.07. The minimum absolute atomic E-state index is 0.297. The van der Waals surface area contributed by atoms with E-state index >= 15 is 0 Å². The van der Waals surface area contributed by atoms with E-state index in [2.05, 4.69) is 15.4 Å². The molecule has 0 saturated carbocycles. The molecule has 0 bridgehead atoms. The lowest BCUT2D eigenvalue weighted by molar-refractivity contribution is 0.0207. The molecule has 1 aromatic carbocycles. The number of benzene rings is 1. The van der Waals surface area contributed by atoms with E-state index < -0.39 is 41.1 Å². The van der Waals surface area contributed by atoms with E-state index in [-0.39, 0.29) is 5.91 Å². The van der Waals surface area contributed by atoms with Crippen molar-refractivity contribution in [2.45, 2.75) is 105 Å². The Bertz CT molecular complexity index is 1170. The van der Waals surface area contributed by atoms with Crippen LogP contribution in [0, 0.1) is 0 Å². The van der Waals surface area contributed by atoms with Crippen LogP contribution in [0.2, 0.25) is 0 Å². The van der Waals surface area contributed by atoms with Crippen LogP contribution in [0.4, 0.5) is 14.4 Å². The zero-order chi connectivity index (χ0) is 35.8. The molecule has 0 spiro atoms. The molecule has 0 radical (unpaired) electrons. The van der Waals surface area contributed by atoms with Crippen molar-refractivity contribution in [3.63, 3.8) is 0 Å². The zero-order valence-corrected chi connectivity index (χ0v) is 29.9. The number of hydrogen-bond donors (Lipinski definition) is 2. The average molecular weight is 665 g/mol. The third kappa shape index (κ3) is 18.6. The maximum atomic E-state index is 13.0. The van der Waals surface area contributed by atoms with E-state index in [1.165, 1.54) is 19.2 Å². The standard InChI is InChI=1S/C34H56N4O9/c1-32(2,3)45-29(41)36-20-14-24-38(31(43)47-34(7,8)9)22-12-11-21-37(30(42)46-33(4,5)6)23-13-19-35-27(39)25-15-17-26(18-16-25)28(40)44-10/h15-18H,11-14,19-24H2,1-10H3,(H,35,39)(H,36,41). The number of unbranched alkanes of at least 4 members (excludes halogenated alkanes) is 1. The topological polar surface area (TPSA) is 153 Å². The van der Waals surface area contributed by atoms with Crippen LogP contribution in [0.1, 0.15) is 109 Å². The molecule has 0 fully saturated rings. The van der Waals surface area contributed by atoms with Crippen LogP contribution >= 0.6 is 0 Å². The first-order valence-corrected chi connectivity index (χ1v) is 16.1. The summed E-state index contributed by atoms with van der Waals surface area (Å²) in [6.07, 6.45) is 0.749. The number of amides is 4. The Morgan fingerprint density at radius 3 is 1.36 bits per heavy atom. The maximum absolute atomic E-state index is 13.0. The first-order valence-electron chi connectivity index (χ1n) is 16.1. The second-order valence-corrected chi connectivity index (χ2v) is 14.1. The predicted octanol–water partition coefficient (Wildman–Crippen LogP) is 5.76. The van der Waals surface area contributed by atoms with Crippen molar-refractivity contribution in [2.24, 2.45) is 0 Å². The summed E-state index contributed by atoms with van der Waals surface area (Å²) >= 11 is 0. The number of rotatable bonds is 15. The molecule has 13 nitrogen and oxygen atoms in total. The molecule has 47 heavy (non-hydrogen) atoms. The summed E-state index contributed by atoms with van der Waals surface area (Å²) in [5.74, 6) is -0.780. The Morgan fingerprint density at radius 1 is 0.574 bits per heavy atom. The molecule has 1 rings (SSSR count). The highest BCUT2D eigenvalue weighted by Crippen LogP contribution is 2.14. The normalized spacial score (nSPS) is 11.6. The Kier molecular flexibility index (Phi) is 16.5. The summed E-state index contributed by atoms with van der Waals surface area (Å²) in [6, 6.07) is 6.14. The van der Waals surface area contributed by atoms with Crippen LogP contribution in [-0.4, -0.2) is 103 Å². The van der Waals surface area contributed by atoms with Gasteiger partial charge in [-0.05, 0) is 112 Å². The van der Waals surface area contributed by atoms with E-state index in [9.17, 15) is 24.0 Å². The number of esters is 1. The Labute approximate surface area is 280 Å². The summed E-state index contributed by atoms with van der Waals surface area (Å²) in [7, 11) is 1.29. The van der Waals surface area contributed by atoms with Gasteiger partial charge >= 0.3 is 24.2 Å². The summed E-state index contributed by atoms with van der Waals surface area (Å²) < 4.78 is 21.1. The van der Waals surface area contributed by atoms with Crippen molar-refractivity contribution < 1.29 is 42.9 Å². The van der Waals surface area contributed by atoms with Crippen molar-refractivity contribution in [3.8, 4) is 0 Å². The lowest BCUT2D eigenvalue weighted by Crippen LogP contribution is -2.40. The fraction of sp³-hybridized carbons (Fsp3) is 0.676. The molecule has 13 heteroatoms. The number of carbonyl (C=O) groups is 5. The molecule has 0 saturated heterocycles. The highest BCUT2D eigenvalue weighted by Gasteiger charge is 2.24. The smallest absolute Gasteiger partial charge is 0.410 e. The highest BCUT2D eigenvalue weighted by molar-refractivity contribution is 5.96. The van der Waals surface area contributed by atoms with Crippen LogP contribution in [0.3, 0.4) is 0 Å². The molecule has 0 aromatic heterocycles. The van der Waals surface area contributed by atoms with Gasteiger partial charge in [-0.25, -0.2) is 19.2 Å². The molecule has 0 atom stereocenters. The van der Waals surface area contributed by atoms with Crippen LogP contribution < -0.4 is 10.6 Å². The lowest BCUT2D eigenvalue weighted by atomic mass is 10.1. The number of ether oxygens (including phenoxy) is 4. The fourth-order valence-corrected chi connectivity index (χ4v) is 4.07. The Balaban J connectivity index is 2.71. The largest absolute Gasteiger partial charge is 0.465 e. The molecule has 0 aliphatic rings. The van der Waals surface area contributed by atoms with Crippen LogP contribution in [0.15, 0.2) is 24.3 Å². The van der Waals surface area contributed by atoms with E-state index in [0.29, 0.717) is 76.1 Å². The second-order valence-electron chi connectivity index (χ2n) is 14.1. The molecule has 1 aromatic rings. The van der Waals surface area contributed by atoms with Crippen molar-refractivity contribution in [1.82, 2.24) is 20.4 Å². The van der Waals surface area contributed by atoms with Gasteiger partial charge < -0.3 is 39.4 Å². The van der Waals surface area contributed by atoms with Gasteiger partial charge in [-0.2, -0.15) is 0 Å².